The molecular formula is C14H12BrNO3. The summed E-state index contributed by atoms with van der Waals surface area (Å²) >= 11 is 3.37. The van der Waals surface area contributed by atoms with E-state index >= 15 is 0 Å². The monoisotopic (exact) mass is 321 g/mol. The van der Waals surface area contributed by atoms with Crippen LogP contribution in [-0.2, 0) is 9.53 Å². The number of rotatable bonds is 2. The molecule has 0 bridgehead atoms. The van der Waals surface area contributed by atoms with E-state index in [0.29, 0.717) is 23.0 Å². The van der Waals surface area contributed by atoms with Gasteiger partial charge >= 0.3 is 5.97 Å². The Kier molecular flexibility index (Phi) is 3.91. The van der Waals surface area contributed by atoms with Crippen LogP contribution in [0.15, 0.2) is 22.7 Å². The van der Waals surface area contributed by atoms with Gasteiger partial charge in [-0.1, -0.05) is 0 Å². The Morgan fingerprint density at radius 1 is 1.58 bits per heavy atom. The number of anilines is 1. The number of esters is 1. The quantitative estimate of drug-likeness (QED) is 0.620. The van der Waals surface area contributed by atoms with Crippen molar-refractivity contribution in [1.29, 1.82) is 0 Å². The standard InChI is InChI=1S/C14H12BrNO3/c1-3-9-6-13(17)16(8-9)12-5-4-10(7-11(12)15)14(18)19-2/h1,4-5,7,9H,6,8H2,2H3. The lowest BCUT2D eigenvalue weighted by Gasteiger charge is -2.18. The number of hydrogen-bond donors (Lipinski definition) is 0. The molecule has 0 saturated carbocycles. The summed E-state index contributed by atoms with van der Waals surface area (Å²) in [6.07, 6.45) is 5.72. The highest BCUT2D eigenvalue weighted by Crippen LogP contribution is 2.32. The number of terminal acetylenes is 1. The van der Waals surface area contributed by atoms with Gasteiger partial charge in [0.2, 0.25) is 5.91 Å². The van der Waals surface area contributed by atoms with E-state index in [0.717, 1.165) is 5.69 Å². The maximum atomic E-state index is 11.9. The Balaban J connectivity index is 2.30. The van der Waals surface area contributed by atoms with Gasteiger partial charge in [0, 0.05) is 23.4 Å². The number of hydrogen-bond acceptors (Lipinski definition) is 3. The number of carbonyl (C=O) groups excluding carboxylic acids is 2. The minimum absolute atomic E-state index is 0.00512. The molecular weight excluding hydrogens is 310 g/mol. The first-order chi connectivity index (χ1) is 9.06. The molecule has 1 unspecified atom stereocenters. The maximum Gasteiger partial charge on any atom is 0.337 e. The fraction of sp³-hybridized carbons (Fsp3) is 0.286. The summed E-state index contributed by atoms with van der Waals surface area (Å²) in [5, 5.41) is 0. The molecule has 0 aliphatic carbocycles. The first kappa shape index (κ1) is 13.6. The molecule has 1 aromatic carbocycles. The minimum Gasteiger partial charge on any atom is -0.465 e. The third kappa shape index (κ3) is 2.64. The van der Waals surface area contributed by atoms with Crippen molar-refractivity contribution in [3.05, 3.63) is 28.2 Å². The Labute approximate surface area is 119 Å². The molecule has 0 spiro atoms. The number of amides is 1. The van der Waals surface area contributed by atoms with Crippen LogP contribution in [0, 0.1) is 18.3 Å². The fourth-order valence-electron chi connectivity index (χ4n) is 2.02. The zero-order chi connectivity index (χ0) is 14.0. The van der Waals surface area contributed by atoms with Crippen LogP contribution >= 0.6 is 15.9 Å². The van der Waals surface area contributed by atoms with Gasteiger partial charge in [-0.25, -0.2) is 4.79 Å². The number of nitrogens with zero attached hydrogens (tertiary/aromatic N) is 1. The van der Waals surface area contributed by atoms with Crippen molar-refractivity contribution in [2.45, 2.75) is 6.42 Å². The van der Waals surface area contributed by atoms with Crippen LogP contribution in [0.1, 0.15) is 16.8 Å². The van der Waals surface area contributed by atoms with Crippen LogP contribution in [0.5, 0.6) is 0 Å². The molecule has 4 nitrogen and oxygen atoms in total. The molecule has 0 radical (unpaired) electrons. The first-order valence-electron chi connectivity index (χ1n) is 5.71. The van der Waals surface area contributed by atoms with Crippen molar-refractivity contribution in [1.82, 2.24) is 0 Å². The summed E-state index contributed by atoms with van der Waals surface area (Å²) in [6, 6.07) is 4.98. The average Bonchev–Trinajstić information content (AvgIpc) is 2.79. The van der Waals surface area contributed by atoms with Gasteiger partial charge in [-0.3, -0.25) is 4.79 Å². The first-order valence-corrected chi connectivity index (χ1v) is 6.50. The van der Waals surface area contributed by atoms with Gasteiger partial charge in [0.1, 0.15) is 0 Å². The predicted octanol–water partition coefficient (Wildman–Crippen LogP) is 2.22. The van der Waals surface area contributed by atoms with Crippen LogP contribution in [0.3, 0.4) is 0 Å². The summed E-state index contributed by atoms with van der Waals surface area (Å²) in [5.41, 5.74) is 1.15. The van der Waals surface area contributed by atoms with Crippen LogP contribution < -0.4 is 4.90 Å². The maximum absolute atomic E-state index is 11.9. The van der Waals surface area contributed by atoms with Crippen LogP contribution in [-0.4, -0.2) is 25.5 Å². The number of benzene rings is 1. The molecule has 5 heteroatoms. The SMILES string of the molecule is C#CC1CC(=O)N(c2ccc(C(=O)OC)cc2Br)C1. The third-order valence-electron chi connectivity index (χ3n) is 3.02. The molecule has 98 valence electrons. The molecule has 1 aromatic rings. The molecule has 19 heavy (non-hydrogen) atoms. The lowest BCUT2D eigenvalue weighted by molar-refractivity contribution is -0.117. The summed E-state index contributed by atoms with van der Waals surface area (Å²) in [5.74, 6) is 2.12. The number of halogens is 1. The zero-order valence-electron chi connectivity index (χ0n) is 10.4. The van der Waals surface area contributed by atoms with Crippen LogP contribution in [0.2, 0.25) is 0 Å². The molecule has 1 fully saturated rings. The second kappa shape index (κ2) is 5.45. The molecule has 2 rings (SSSR count). The number of carbonyl (C=O) groups is 2. The molecule has 1 heterocycles. The summed E-state index contributed by atoms with van der Waals surface area (Å²) < 4.78 is 5.31. The van der Waals surface area contributed by atoms with Crippen molar-refractivity contribution in [2.75, 3.05) is 18.6 Å². The van der Waals surface area contributed by atoms with Crippen LogP contribution in [0.4, 0.5) is 5.69 Å². The van der Waals surface area contributed by atoms with E-state index in [9.17, 15) is 9.59 Å². The molecule has 0 aromatic heterocycles. The van der Waals surface area contributed by atoms with Crippen molar-refractivity contribution >= 4 is 33.5 Å². The third-order valence-corrected chi connectivity index (χ3v) is 3.66. The lowest BCUT2D eigenvalue weighted by Crippen LogP contribution is -2.24. The summed E-state index contributed by atoms with van der Waals surface area (Å²) in [4.78, 5) is 24.9. The molecule has 1 aliphatic rings. The second-order valence-corrected chi connectivity index (χ2v) is 5.08. The Hall–Kier alpha value is -1.80. The fourth-order valence-corrected chi connectivity index (χ4v) is 2.62. The normalized spacial score (nSPS) is 18.3. The van der Waals surface area contributed by atoms with Gasteiger partial charge in [-0.15, -0.1) is 12.3 Å². The highest BCUT2D eigenvalue weighted by atomic mass is 79.9. The minimum atomic E-state index is -0.415. The van der Waals surface area contributed by atoms with Crippen molar-refractivity contribution in [3.8, 4) is 12.3 Å². The average molecular weight is 322 g/mol. The van der Waals surface area contributed by atoms with Crippen LogP contribution in [0.25, 0.3) is 0 Å². The van der Waals surface area contributed by atoms with E-state index in [4.69, 9.17) is 6.42 Å². The van der Waals surface area contributed by atoms with Crippen molar-refractivity contribution in [2.24, 2.45) is 5.92 Å². The van der Waals surface area contributed by atoms with Gasteiger partial charge in [-0.2, -0.15) is 0 Å². The molecule has 1 saturated heterocycles. The smallest absolute Gasteiger partial charge is 0.337 e. The largest absolute Gasteiger partial charge is 0.465 e. The lowest BCUT2D eigenvalue weighted by atomic mass is 10.1. The molecule has 1 aliphatic heterocycles. The van der Waals surface area contributed by atoms with Gasteiger partial charge in [0.15, 0.2) is 0 Å². The van der Waals surface area contributed by atoms with Gasteiger partial charge < -0.3 is 9.64 Å². The van der Waals surface area contributed by atoms with E-state index in [1.165, 1.54) is 7.11 Å². The molecule has 1 amide bonds. The van der Waals surface area contributed by atoms with E-state index in [2.05, 4.69) is 26.6 Å². The number of ether oxygens (including phenoxy) is 1. The Bertz CT molecular complexity index is 577. The van der Waals surface area contributed by atoms with E-state index in [1.807, 2.05) is 0 Å². The highest BCUT2D eigenvalue weighted by molar-refractivity contribution is 9.10. The van der Waals surface area contributed by atoms with Gasteiger partial charge in [0.05, 0.1) is 18.4 Å². The second-order valence-electron chi connectivity index (χ2n) is 4.23. The Morgan fingerprint density at radius 3 is 2.84 bits per heavy atom. The van der Waals surface area contributed by atoms with Crippen molar-refractivity contribution < 1.29 is 14.3 Å². The van der Waals surface area contributed by atoms with Gasteiger partial charge in [-0.05, 0) is 34.1 Å². The van der Waals surface area contributed by atoms with Gasteiger partial charge in [0.25, 0.3) is 0 Å². The zero-order valence-corrected chi connectivity index (χ0v) is 11.9. The number of methoxy groups -OCH3 is 1. The van der Waals surface area contributed by atoms with Crippen molar-refractivity contribution in [3.63, 3.8) is 0 Å². The topological polar surface area (TPSA) is 46.6 Å². The summed E-state index contributed by atoms with van der Waals surface area (Å²) in [7, 11) is 1.33. The predicted molar refractivity (Wildman–Crippen MR) is 74.8 cm³/mol. The van der Waals surface area contributed by atoms with E-state index in [-0.39, 0.29) is 11.8 Å². The molecule has 0 N–H and O–H groups in total. The van der Waals surface area contributed by atoms with E-state index in [1.54, 1.807) is 23.1 Å². The highest BCUT2D eigenvalue weighted by Gasteiger charge is 2.30. The molecule has 1 atom stereocenters. The van der Waals surface area contributed by atoms with E-state index < -0.39 is 5.97 Å². The Morgan fingerprint density at radius 2 is 2.32 bits per heavy atom. The summed E-state index contributed by atoms with van der Waals surface area (Å²) in [6.45, 7) is 0.505.